The third kappa shape index (κ3) is 3.46. The van der Waals surface area contributed by atoms with Crippen LogP contribution in [0, 0.1) is 5.41 Å². The van der Waals surface area contributed by atoms with Gasteiger partial charge in [-0.2, -0.15) is 5.10 Å². The fourth-order valence-corrected chi connectivity index (χ4v) is 3.25. The lowest BCUT2D eigenvalue weighted by atomic mass is 9.73. The van der Waals surface area contributed by atoms with E-state index < -0.39 is 0 Å². The maximum Gasteiger partial charge on any atom is 0.0659 e. The summed E-state index contributed by atoms with van der Waals surface area (Å²) in [4.78, 5) is 0. The van der Waals surface area contributed by atoms with Crippen molar-refractivity contribution in [3.63, 3.8) is 0 Å². The van der Waals surface area contributed by atoms with E-state index in [2.05, 4.69) is 48.5 Å². The van der Waals surface area contributed by atoms with Gasteiger partial charge in [-0.05, 0) is 42.0 Å². The van der Waals surface area contributed by atoms with Gasteiger partial charge in [-0.15, -0.1) is 0 Å². The molecule has 3 rings (SSSR count). The van der Waals surface area contributed by atoms with Crippen molar-refractivity contribution >= 4 is 5.69 Å². The molecule has 0 amide bonds. The average Bonchev–Trinajstić information content (AvgIpc) is 2.96. The molecule has 1 aliphatic rings. The van der Waals surface area contributed by atoms with Crippen molar-refractivity contribution in [2.75, 3.05) is 5.32 Å². The number of nitrogens with zero attached hydrogens (tertiary/aromatic N) is 2. The largest absolute Gasteiger partial charge is 0.382 e. The summed E-state index contributed by atoms with van der Waals surface area (Å²) in [7, 11) is 0. The predicted octanol–water partition coefficient (Wildman–Crippen LogP) is 4.31. The molecule has 1 aliphatic carbocycles. The van der Waals surface area contributed by atoms with E-state index in [4.69, 9.17) is 0 Å². The van der Waals surface area contributed by atoms with Gasteiger partial charge in [0.25, 0.3) is 0 Å². The molecule has 0 saturated heterocycles. The minimum atomic E-state index is 0.395. The van der Waals surface area contributed by atoms with E-state index in [0.29, 0.717) is 11.5 Å². The molecule has 0 spiro atoms. The van der Waals surface area contributed by atoms with Crippen LogP contribution in [0.4, 0.5) is 5.69 Å². The molecule has 1 atom stereocenters. The predicted molar refractivity (Wildman–Crippen MR) is 87.4 cm³/mol. The number of hydrogen-bond donors (Lipinski definition) is 1. The van der Waals surface area contributed by atoms with Gasteiger partial charge in [0.2, 0.25) is 0 Å². The lowest BCUT2D eigenvalue weighted by Gasteiger charge is -2.39. The van der Waals surface area contributed by atoms with E-state index in [0.717, 1.165) is 6.54 Å². The standard InChI is InChI=1S/C18H25N3/c1-18(2)11-4-3-6-17(18)20-16-9-7-15(8-10-16)14-21-13-5-12-19-21/h5,7-10,12-13,17,20H,3-4,6,11,14H2,1-2H3. The summed E-state index contributed by atoms with van der Waals surface area (Å²) < 4.78 is 1.95. The molecule has 3 heteroatoms. The molecule has 1 aromatic heterocycles. The van der Waals surface area contributed by atoms with E-state index in [9.17, 15) is 0 Å². The van der Waals surface area contributed by atoms with Crippen LogP contribution in [-0.2, 0) is 6.54 Å². The first kappa shape index (κ1) is 14.2. The summed E-state index contributed by atoms with van der Waals surface area (Å²) in [6, 6.07) is 11.3. The fraction of sp³-hybridized carbons (Fsp3) is 0.500. The van der Waals surface area contributed by atoms with E-state index in [1.807, 2.05) is 23.1 Å². The highest BCUT2D eigenvalue weighted by Crippen LogP contribution is 2.37. The highest BCUT2D eigenvalue weighted by atomic mass is 15.3. The minimum absolute atomic E-state index is 0.395. The van der Waals surface area contributed by atoms with Gasteiger partial charge in [-0.1, -0.05) is 38.8 Å². The summed E-state index contributed by atoms with van der Waals surface area (Å²) in [5.74, 6) is 0. The molecule has 1 fully saturated rings. The van der Waals surface area contributed by atoms with Crippen molar-refractivity contribution in [2.45, 2.75) is 52.1 Å². The van der Waals surface area contributed by atoms with Crippen molar-refractivity contribution in [3.8, 4) is 0 Å². The number of rotatable bonds is 4. The highest BCUT2D eigenvalue weighted by molar-refractivity contribution is 5.46. The van der Waals surface area contributed by atoms with E-state index in [1.54, 1.807) is 0 Å². The first-order chi connectivity index (χ1) is 10.1. The number of hydrogen-bond acceptors (Lipinski definition) is 2. The van der Waals surface area contributed by atoms with Crippen LogP contribution in [0.2, 0.25) is 0 Å². The van der Waals surface area contributed by atoms with Crippen molar-refractivity contribution in [1.82, 2.24) is 9.78 Å². The van der Waals surface area contributed by atoms with Gasteiger partial charge in [-0.3, -0.25) is 4.68 Å². The molecule has 1 heterocycles. The van der Waals surface area contributed by atoms with Crippen LogP contribution in [0.3, 0.4) is 0 Å². The maximum absolute atomic E-state index is 4.25. The molecule has 0 radical (unpaired) electrons. The van der Waals surface area contributed by atoms with Crippen LogP contribution < -0.4 is 5.32 Å². The first-order valence-corrected chi connectivity index (χ1v) is 7.96. The quantitative estimate of drug-likeness (QED) is 0.906. The molecule has 1 unspecified atom stereocenters. The monoisotopic (exact) mass is 283 g/mol. The zero-order valence-corrected chi connectivity index (χ0v) is 13.0. The van der Waals surface area contributed by atoms with E-state index >= 15 is 0 Å². The molecule has 0 aliphatic heterocycles. The van der Waals surface area contributed by atoms with Crippen LogP contribution in [0.5, 0.6) is 0 Å². The second kappa shape index (κ2) is 5.92. The van der Waals surface area contributed by atoms with Gasteiger partial charge < -0.3 is 5.32 Å². The SMILES string of the molecule is CC1(C)CCCCC1Nc1ccc(Cn2cccn2)cc1. The molecule has 112 valence electrons. The van der Waals surface area contributed by atoms with Crippen molar-refractivity contribution in [1.29, 1.82) is 0 Å². The summed E-state index contributed by atoms with van der Waals surface area (Å²) in [5.41, 5.74) is 2.91. The first-order valence-electron chi connectivity index (χ1n) is 7.96. The Bertz CT molecular complexity index is 555. The topological polar surface area (TPSA) is 29.9 Å². The summed E-state index contributed by atoms with van der Waals surface area (Å²) in [6.07, 6.45) is 9.13. The zero-order chi connectivity index (χ0) is 14.7. The fourth-order valence-electron chi connectivity index (χ4n) is 3.25. The van der Waals surface area contributed by atoms with Gasteiger partial charge in [0, 0.05) is 24.1 Å². The lowest BCUT2D eigenvalue weighted by molar-refractivity contribution is 0.217. The van der Waals surface area contributed by atoms with Crippen LogP contribution in [-0.4, -0.2) is 15.8 Å². The van der Waals surface area contributed by atoms with E-state index in [-0.39, 0.29) is 0 Å². The Balaban J connectivity index is 1.64. The summed E-state index contributed by atoms with van der Waals surface area (Å²) in [5, 5.41) is 7.98. The molecule has 21 heavy (non-hydrogen) atoms. The Morgan fingerprint density at radius 3 is 2.71 bits per heavy atom. The molecule has 2 aromatic rings. The van der Waals surface area contributed by atoms with Crippen LogP contribution >= 0.6 is 0 Å². The smallest absolute Gasteiger partial charge is 0.0659 e. The van der Waals surface area contributed by atoms with Crippen molar-refractivity contribution < 1.29 is 0 Å². The van der Waals surface area contributed by atoms with E-state index in [1.165, 1.54) is 36.9 Å². The summed E-state index contributed by atoms with van der Waals surface area (Å²) >= 11 is 0. The Morgan fingerprint density at radius 1 is 1.24 bits per heavy atom. The normalized spacial score (nSPS) is 21.1. The lowest BCUT2D eigenvalue weighted by Crippen LogP contribution is -2.38. The Hall–Kier alpha value is -1.77. The minimum Gasteiger partial charge on any atom is -0.382 e. The van der Waals surface area contributed by atoms with Gasteiger partial charge in [0.05, 0.1) is 6.54 Å². The van der Waals surface area contributed by atoms with Gasteiger partial charge in [-0.25, -0.2) is 0 Å². The zero-order valence-electron chi connectivity index (χ0n) is 13.0. The Morgan fingerprint density at radius 2 is 2.05 bits per heavy atom. The number of anilines is 1. The highest BCUT2D eigenvalue weighted by Gasteiger charge is 2.31. The maximum atomic E-state index is 4.25. The van der Waals surface area contributed by atoms with Crippen molar-refractivity contribution in [3.05, 3.63) is 48.3 Å². The van der Waals surface area contributed by atoms with Gasteiger partial charge >= 0.3 is 0 Å². The second-order valence-electron chi connectivity index (χ2n) is 6.83. The molecule has 1 N–H and O–H groups in total. The number of benzene rings is 1. The Kier molecular flexibility index (Phi) is 4.00. The second-order valence-corrected chi connectivity index (χ2v) is 6.83. The molecular formula is C18H25N3. The van der Waals surface area contributed by atoms with Crippen LogP contribution in [0.25, 0.3) is 0 Å². The molecule has 3 nitrogen and oxygen atoms in total. The van der Waals surface area contributed by atoms with Crippen molar-refractivity contribution in [2.24, 2.45) is 5.41 Å². The molecular weight excluding hydrogens is 258 g/mol. The third-order valence-corrected chi connectivity index (χ3v) is 4.71. The average molecular weight is 283 g/mol. The van der Waals surface area contributed by atoms with Crippen LogP contribution in [0.1, 0.15) is 45.1 Å². The summed E-state index contributed by atoms with van der Waals surface area (Å²) in [6.45, 7) is 5.61. The van der Waals surface area contributed by atoms with Crippen LogP contribution in [0.15, 0.2) is 42.7 Å². The number of aromatic nitrogens is 2. The molecule has 0 bridgehead atoms. The molecule has 1 saturated carbocycles. The third-order valence-electron chi connectivity index (χ3n) is 4.71. The van der Waals surface area contributed by atoms with Gasteiger partial charge in [0.15, 0.2) is 0 Å². The number of nitrogens with one attached hydrogen (secondary N) is 1. The molecule has 1 aromatic carbocycles. The van der Waals surface area contributed by atoms with Gasteiger partial charge in [0.1, 0.15) is 0 Å². The Labute approximate surface area is 127 Å².